The molecule has 0 bridgehead atoms. The minimum atomic E-state index is 0.476. The van der Waals surface area contributed by atoms with E-state index in [0.29, 0.717) is 17.4 Å². The summed E-state index contributed by atoms with van der Waals surface area (Å²) in [6.07, 6.45) is 13.2. The number of nitrogens with one attached hydrogen (secondary N) is 1. The highest BCUT2D eigenvalue weighted by atomic mass is 15.3. The lowest BCUT2D eigenvalue weighted by atomic mass is 9.65. The molecular formula is C20H31N5. The Labute approximate surface area is 150 Å². The Bertz CT molecular complexity index is 638. The van der Waals surface area contributed by atoms with Gasteiger partial charge in [-0.3, -0.25) is 0 Å². The van der Waals surface area contributed by atoms with Gasteiger partial charge < -0.3 is 16.0 Å². The molecule has 0 amide bonds. The molecule has 1 spiro atoms. The minimum Gasteiger partial charge on any atom is -0.368 e. The maximum Gasteiger partial charge on any atom is 0.222 e. The van der Waals surface area contributed by atoms with Crippen molar-refractivity contribution in [2.75, 3.05) is 30.3 Å². The number of piperidine rings is 1. The smallest absolute Gasteiger partial charge is 0.222 e. The average Bonchev–Trinajstić information content (AvgIpc) is 3.05. The summed E-state index contributed by atoms with van der Waals surface area (Å²) in [4.78, 5) is 11.9. The molecule has 3 heterocycles. The van der Waals surface area contributed by atoms with Gasteiger partial charge >= 0.3 is 0 Å². The third kappa shape index (κ3) is 2.80. The second-order valence-electron chi connectivity index (χ2n) is 8.94. The molecule has 5 nitrogen and oxygen atoms in total. The standard InChI is InChI=1S/C20H31N5/c21-19-23-16-11-20(7-2-1-3-8-20)9-6-15(16)18(24-19)25-12-14-5-4-10-22-17(14)13-25/h14,17,22H,1-13H2,(H2,21,23,24). The summed E-state index contributed by atoms with van der Waals surface area (Å²) < 4.78 is 0. The molecule has 1 saturated carbocycles. The third-order valence-electron chi connectivity index (χ3n) is 7.35. The predicted molar refractivity (Wildman–Crippen MR) is 101 cm³/mol. The number of rotatable bonds is 1. The number of nitrogens with zero attached hydrogens (tertiary/aromatic N) is 3. The second kappa shape index (κ2) is 6.11. The van der Waals surface area contributed by atoms with Gasteiger partial charge in [0, 0.05) is 24.7 Å². The van der Waals surface area contributed by atoms with Crippen LogP contribution in [0.15, 0.2) is 0 Å². The van der Waals surface area contributed by atoms with Gasteiger partial charge in [0.25, 0.3) is 0 Å². The average molecular weight is 342 g/mol. The summed E-state index contributed by atoms with van der Waals surface area (Å²) in [5, 5.41) is 3.71. The van der Waals surface area contributed by atoms with Crippen molar-refractivity contribution < 1.29 is 0 Å². The Morgan fingerprint density at radius 2 is 1.92 bits per heavy atom. The molecule has 2 saturated heterocycles. The van der Waals surface area contributed by atoms with Crippen LogP contribution in [0.5, 0.6) is 0 Å². The van der Waals surface area contributed by atoms with Gasteiger partial charge in [0.15, 0.2) is 0 Å². The van der Waals surface area contributed by atoms with Crippen molar-refractivity contribution in [2.45, 2.75) is 70.3 Å². The van der Waals surface area contributed by atoms with E-state index in [1.54, 1.807) is 0 Å². The molecule has 25 heavy (non-hydrogen) atoms. The first-order valence-electron chi connectivity index (χ1n) is 10.4. The molecule has 1 aromatic rings. The van der Waals surface area contributed by atoms with Crippen LogP contribution in [0.2, 0.25) is 0 Å². The summed E-state index contributed by atoms with van der Waals surface area (Å²) in [5.74, 6) is 2.41. The lowest BCUT2D eigenvalue weighted by Crippen LogP contribution is -2.40. The fourth-order valence-electron chi connectivity index (χ4n) is 5.98. The van der Waals surface area contributed by atoms with Crippen molar-refractivity contribution >= 4 is 11.8 Å². The molecule has 136 valence electrons. The van der Waals surface area contributed by atoms with Crippen molar-refractivity contribution in [3.63, 3.8) is 0 Å². The van der Waals surface area contributed by atoms with Crippen molar-refractivity contribution in [1.29, 1.82) is 0 Å². The van der Waals surface area contributed by atoms with Crippen LogP contribution >= 0.6 is 0 Å². The zero-order valence-electron chi connectivity index (χ0n) is 15.3. The first-order valence-corrected chi connectivity index (χ1v) is 10.4. The van der Waals surface area contributed by atoms with Crippen molar-refractivity contribution in [3.05, 3.63) is 11.3 Å². The molecule has 0 aromatic carbocycles. The lowest BCUT2D eigenvalue weighted by molar-refractivity contribution is 0.160. The molecule has 5 rings (SSSR count). The van der Waals surface area contributed by atoms with E-state index in [1.807, 2.05) is 0 Å². The first kappa shape index (κ1) is 15.9. The van der Waals surface area contributed by atoms with Gasteiger partial charge in [-0.25, -0.2) is 4.98 Å². The van der Waals surface area contributed by atoms with Crippen LogP contribution < -0.4 is 16.0 Å². The molecule has 5 heteroatoms. The lowest BCUT2D eigenvalue weighted by Gasteiger charge is -2.41. The molecule has 3 fully saturated rings. The molecule has 2 unspecified atom stereocenters. The summed E-state index contributed by atoms with van der Waals surface area (Å²) in [7, 11) is 0. The Hall–Kier alpha value is -1.36. The molecule has 4 aliphatic rings. The summed E-state index contributed by atoms with van der Waals surface area (Å²) in [6.45, 7) is 3.38. The highest BCUT2D eigenvalue weighted by Gasteiger charge is 2.40. The van der Waals surface area contributed by atoms with E-state index in [-0.39, 0.29) is 0 Å². The largest absolute Gasteiger partial charge is 0.368 e. The highest BCUT2D eigenvalue weighted by molar-refractivity contribution is 5.54. The number of hydrogen-bond donors (Lipinski definition) is 2. The van der Waals surface area contributed by atoms with Gasteiger partial charge in [-0.05, 0) is 62.8 Å². The number of anilines is 2. The zero-order valence-corrected chi connectivity index (χ0v) is 15.3. The number of fused-ring (bicyclic) bond motifs is 2. The minimum absolute atomic E-state index is 0.476. The van der Waals surface area contributed by atoms with E-state index in [0.717, 1.165) is 37.7 Å². The second-order valence-corrected chi connectivity index (χ2v) is 8.94. The highest BCUT2D eigenvalue weighted by Crippen LogP contribution is 2.47. The van der Waals surface area contributed by atoms with Gasteiger partial charge in [-0.2, -0.15) is 4.98 Å². The van der Waals surface area contributed by atoms with Gasteiger partial charge in [0.1, 0.15) is 5.82 Å². The summed E-state index contributed by atoms with van der Waals surface area (Å²) in [6, 6.07) is 0.633. The Kier molecular flexibility index (Phi) is 3.88. The molecule has 2 aliphatic carbocycles. The number of nitrogens with two attached hydrogens (primary N) is 1. The summed E-state index contributed by atoms with van der Waals surface area (Å²) in [5.41, 5.74) is 9.32. The van der Waals surface area contributed by atoms with Crippen LogP contribution in [0.25, 0.3) is 0 Å². The van der Waals surface area contributed by atoms with Gasteiger partial charge in [0.2, 0.25) is 5.95 Å². The van der Waals surface area contributed by atoms with Gasteiger partial charge in [0.05, 0.1) is 5.69 Å². The Balaban J connectivity index is 1.44. The van der Waals surface area contributed by atoms with E-state index >= 15 is 0 Å². The maximum atomic E-state index is 6.15. The Morgan fingerprint density at radius 3 is 2.76 bits per heavy atom. The van der Waals surface area contributed by atoms with E-state index in [2.05, 4.69) is 10.2 Å². The van der Waals surface area contributed by atoms with E-state index < -0.39 is 0 Å². The molecule has 2 aliphatic heterocycles. The summed E-state index contributed by atoms with van der Waals surface area (Å²) >= 11 is 0. The quantitative estimate of drug-likeness (QED) is 0.822. The predicted octanol–water partition coefficient (Wildman–Crippen LogP) is 2.69. The fourth-order valence-corrected chi connectivity index (χ4v) is 5.98. The van der Waals surface area contributed by atoms with Crippen LogP contribution in [0.3, 0.4) is 0 Å². The monoisotopic (exact) mass is 341 g/mol. The Morgan fingerprint density at radius 1 is 1.04 bits per heavy atom. The zero-order chi connectivity index (χ0) is 16.9. The van der Waals surface area contributed by atoms with E-state index in [9.17, 15) is 0 Å². The van der Waals surface area contributed by atoms with E-state index in [4.69, 9.17) is 15.7 Å². The number of aromatic nitrogens is 2. The van der Waals surface area contributed by atoms with Crippen molar-refractivity contribution in [2.24, 2.45) is 11.3 Å². The van der Waals surface area contributed by atoms with Crippen LogP contribution in [0, 0.1) is 11.3 Å². The van der Waals surface area contributed by atoms with Crippen molar-refractivity contribution in [3.8, 4) is 0 Å². The molecule has 0 radical (unpaired) electrons. The van der Waals surface area contributed by atoms with Crippen LogP contribution in [-0.4, -0.2) is 35.6 Å². The third-order valence-corrected chi connectivity index (χ3v) is 7.35. The fraction of sp³-hybridized carbons (Fsp3) is 0.800. The van der Waals surface area contributed by atoms with Gasteiger partial charge in [-0.1, -0.05) is 19.3 Å². The number of nitrogen functional groups attached to an aromatic ring is 1. The van der Waals surface area contributed by atoms with Gasteiger partial charge in [-0.15, -0.1) is 0 Å². The molecule has 1 aromatic heterocycles. The van der Waals surface area contributed by atoms with Crippen LogP contribution in [0.1, 0.15) is 62.6 Å². The number of hydrogen-bond acceptors (Lipinski definition) is 5. The topological polar surface area (TPSA) is 67.1 Å². The maximum absolute atomic E-state index is 6.15. The molecule has 3 N–H and O–H groups in total. The normalized spacial score (nSPS) is 31.0. The molecule has 2 atom stereocenters. The molecular weight excluding hydrogens is 310 g/mol. The van der Waals surface area contributed by atoms with Crippen molar-refractivity contribution in [1.82, 2.24) is 15.3 Å². The van der Waals surface area contributed by atoms with Crippen LogP contribution in [0.4, 0.5) is 11.8 Å². The SMILES string of the molecule is Nc1nc2c(c(N3CC4CCCNC4C3)n1)CCC1(CCCCC1)C2. The van der Waals surface area contributed by atoms with E-state index in [1.165, 1.54) is 69.2 Å². The van der Waals surface area contributed by atoms with Crippen LogP contribution in [-0.2, 0) is 12.8 Å². The first-order chi connectivity index (χ1) is 12.2.